The molecule has 3 aromatic rings. The number of ether oxygens (including phenoxy) is 1. The Bertz CT molecular complexity index is 975. The van der Waals surface area contributed by atoms with Crippen molar-refractivity contribution in [2.75, 3.05) is 19.8 Å². The van der Waals surface area contributed by atoms with Crippen LogP contribution in [0.4, 0.5) is 0 Å². The normalized spacial score (nSPS) is 16.4. The van der Waals surface area contributed by atoms with Crippen LogP contribution in [-0.4, -0.2) is 25.7 Å². The van der Waals surface area contributed by atoms with Gasteiger partial charge in [0.2, 0.25) is 0 Å². The molecule has 0 radical (unpaired) electrons. The molecule has 0 aliphatic carbocycles. The molecule has 1 saturated heterocycles. The molecule has 0 saturated carbocycles. The van der Waals surface area contributed by atoms with Crippen molar-refractivity contribution in [1.29, 1.82) is 0 Å². The van der Waals surface area contributed by atoms with Gasteiger partial charge in [0.15, 0.2) is 0 Å². The van der Waals surface area contributed by atoms with Gasteiger partial charge >= 0.3 is 0 Å². The number of amides is 1. The molecule has 3 nitrogen and oxygen atoms in total. The largest absolute Gasteiger partial charge is 0.381 e. The van der Waals surface area contributed by atoms with E-state index in [1.54, 1.807) is 11.3 Å². The molecule has 2 heterocycles. The highest BCUT2D eigenvalue weighted by molar-refractivity contribution is 7.21. The van der Waals surface area contributed by atoms with Crippen molar-refractivity contribution in [2.24, 2.45) is 0 Å². The molecule has 0 bridgehead atoms. The molecule has 4 rings (SSSR count). The van der Waals surface area contributed by atoms with E-state index in [1.807, 2.05) is 37.3 Å². The van der Waals surface area contributed by atoms with Crippen LogP contribution in [0.1, 0.15) is 33.6 Å². The maximum atomic E-state index is 13.0. The first-order valence-corrected chi connectivity index (χ1v) is 10.4. The summed E-state index contributed by atoms with van der Waals surface area (Å²) in [7, 11) is 0. The van der Waals surface area contributed by atoms with E-state index >= 15 is 0 Å². The second-order valence-electron chi connectivity index (χ2n) is 7.14. The molecule has 1 fully saturated rings. The smallest absolute Gasteiger partial charge is 0.261 e. The zero-order chi connectivity index (χ0) is 18.9. The van der Waals surface area contributed by atoms with Gasteiger partial charge in [-0.25, -0.2) is 0 Å². The van der Waals surface area contributed by atoms with Crippen LogP contribution >= 0.6 is 22.9 Å². The van der Waals surface area contributed by atoms with E-state index in [4.69, 9.17) is 16.3 Å². The molecule has 5 heteroatoms. The van der Waals surface area contributed by atoms with Gasteiger partial charge in [-0.1, -0.05) is 41.9 Å². The fraction of sp³-hybridized carbons (Fsp3) is 0.318. The summed E-state index contributed by atoms with van der Waals surface area (Å²) in [5, 5.41) is 5.08. The standard InChI is InChI=1S/C22H22ClNO2S/c1-15-18-7-2-3-8-19(18)27-20(15)21(25)24-14-22(9-11-26-12-10-22)16-5-4-6-17(23)13-16/h2-8,13H,9-12,14H2,1H3,(H,24,25). The van der Waals surface area contributed by atoms with Crippen LogP contribution in [0.5, 0.6) is 0 Å². The summed E-state index contributed by atoms with van der Waals surface area (Å²) in [4.78, 5) is 13.8. The van der Waals surface area contributed by atoms with Crippen molar-refractivity contribution < 1.29 is 9.53 Å². The topological polar surface area (TPSA) is 38.3 Å². The first-order chi connectivity index (χ1) is 13.1. The van der Waals surface area contributed by atoms with E-state index in [0.717, 1.165) is 38.4 Å². The van der Waals surface area contributed by atoms with Gasteiger partial charge in [0.1, 0.15) is 0 Å². The summed E-state index contributed by atoms with van der Waals surface area (Å²) in [5.41, 5.74) is 2.09. The Kier molecular flexibility index (Phi) is 5.22. The molecule has 140 valence electrons. The van der Waals surface area contributed by atoms with Crippen molar-refractivity contribution in [3.63, 3.8) is 0 Å². The lowest BCUT2D eigenvalue weighted by atomic mass is 9.74. The number of rotatable bonds is 4. The van der Waals surface area contributed by atoms with Gasteiger partial charge in [0, 0.05) is 34.9 Å². The molecular formula is C22H22ClNO2S. The van der Waals surface area contributed by atoms with E-state index in [0.29, 0.717) is 19.8 Å². The number of carbonyl (C=O) groups is 1. The third-order valence-corrected chi connectivity index (χ3v) is 7.03. The third-order valence-electron chi connectivity index (χ3n) is 5.52. The Labute approximate surface area is 168 Å². The number of hydrogen-bond acceptors (Lipinski definition) is 3. The maximum absolute atomic E-state index is 13.0. The van der Waals surface area contributed by atoms with Crippen molar-refractivity contribution in [3.05, 3.63) is 69.6 Å². The zero-order valence-corrected chi connectivity index (χ0v) is 16.8. The number of carbonyl (C=O) groups excluding carboxylic acids is 1. The number of hydrogen-bond donors (Lipinski definition) is 1. The molecule has 1 aliphatic rings. The Morgan fingerprint density at radius 3 is 2.70 bits per heavy atom. The van der Waals surface area contributed by atoms with Crippen LogP contribution in [0, 0.1) is 6.92 Å². The lowest BCUT2D eigenvalue weighted by molar-refractivity contribution is 0.0487. The number of nitrogens with one attached hydrogen (secondary N) is 1. The zero-order valence-electron chi connectivity index (χ0n) is 15.3. The monoisotopic (exact) mass is 399 g/mol. The van der Waals surface area contributed by atoms with E-state index in [-0.39, 0.29) is 11.3 Å². The van der Waals surface area contributed by atoms with E-state index in [9.17, 15) is 4.79 Å². The average Bonchev–Trinajstić information content (AvgIpc) is 3.04. The van der Waals surface area contributed by atoms with Crippen LogP contribution in [0.2, 0.25) is 5.02 Å². The van der Waals surface area contributed by atoms with Gasteiger partial charge in [-0.05, 0) is 54.5 Å². The molecule has 1 aromatic heterocycles. The lowest BCUT2D eigenvalue weighted by Crippen LogP contribution is -2.44. The van der Waals surface area contributed by atoms with Crippen LogP contribution in [-0.2, 0) is 10.2 Å². The molecule has 1 aliphatic heterocycles. The molecule has 1 amide bonds. The number of thiophene rings is 1. The second kappa shape index (κ2) is 7.63. The van der Waals surface area contributed by atoms with Crippen molar-refractivity contribution in [3.8, 4) is 0 Å². The van der Waals surface area contributed by atoms with Crippen LogP contribution in [0.15, 0.2) is 48.5 Å². The van der Waals surface area contributed by atoms with Crippen molar-refractivity contribution in [1.82, 2.24) is 5.32 Å². The Hall–Kier alpha value is -1.88. The predicted molar refractivity (Wildman–Crippen MR) is 112 cm³/mol. The van der Waals surface area contributed by atoms with Crippen LogP contribution in [0.25, 0.3) is 10.1 Å². The molecular weight excluding hydrogens is 378 g/mol. The first kappa shape index (κ1) is 18.5. The SMILES string of the molecule is Cc1c(C(=O)NCC2(c3cccc(Cl)c3)CCOCC2)sc2ccccc12. The second-order valence-corrected chi connectivity index (χ2v) is 8.63. The summed E-state index contributed by atoms with van der Waals surface area (Å²) < 4.78 is 6.73. The molecule has 2 aromatic carbocycles. The minimum absolute atomic E-state index is 0.00148. The van der Waals surface area contributed by atoms with Gasteiger partial charge in [0.25, 0.3) is 5.91 Å². The summed E-state index contributed by atoms with van der Waals surface area (Å²) >= 11 is 7.79. The average molecular weight is 400 g/mol. The number of benzene rings is 2. The molecule has 27 heavy (non-hydrogen) atoms. The van der Waals surface area contributed by atoms with Gasteiger partial charge < -0.3 is 10.1 Å². The summed E-state index contributed by atoms with van der Waals surface area (Å²) in [6, 6.07) is 16.2. The summed E-state index contributed by atoms with van der Waals surface area (Å²) in [6.45, 7) is 4.01. The third kappa shape index (κ3) is 3.62. The van der Waals surface area contributed by atoms with E-state index in [1.165, 1.54) is 5.56 Å². The summed E-state index contributed by atoms with van der Waals surface area (Å²) in [5.74, 6) is 0.00148. The van der Waals surface area contributed by atoms with Gasteiger partial charge in [-0.2, -0.15) is 0 Å². The minimum atomic E-state index is -0.136. The minimum Gasteiger partial charge on any atom is -0.381 e. The van der Waals surface area contributed by atoms with Gasteiger partial charge in [0.05, 0.1) is 4.88 Å². The van der Waals surface area contributed by atoms with Crippen molar-refractivity contribution >= 4 is 38.9 Å². The van der Waals surface area contributed by atoms with E-state index < -0.39 is 0 Å². The van der Waals surface area contributed by atoms with Crippen LogP contribution < -0.4 is 5.32 Å². The number of halogens is 1. The van der Waals surface area contributed by atoms with Gasteiger partial charge in [-0.3, -0.25) is 4.79 Å². The highest BCUT2D eigenvalue weighted by Gasteiger charge is 2.35. The van der Waals surface area contributed by atoms with Gasteiger partial charge in [-0.15, -0.1) is 11.3 Å². The molecule has 1 N–H and O–H groups in total. The molecule has 0 spiro atoms. The fourth-order valence-electron chi connectivity index (χ4n) is 3.87. The van der Waals surface area contributed by atoms with Crippen LogP contribution in [0.3, 0.4) is 0 Å². The fourth-order valence-corrected chi connectivity index (χ4v) is 5.18. The predicted octanol–water partition coefficient (Wildman–Crippen LogP) is 5.34. The number of fused-ring (bicyclic) bond motifs is 1. The maximum Gasteiger partial charge on any atom is 0.261 e. The lowest BCUT2D eigenvalue weighted by Gasteiger charge is -2.38. The summed E-state index contributed by atoms with van der Waals surface area (Å²) in [6.07, 6.45) is 1.75. The highest BCUT2D eigenvalue weighted by atomic mass is 35.5. The highest BCUT2D eigenvalue weighted by Crippen LogP contribution is 2.36. The van der Waals surface area contributed by atoms with E-state index in [2.05, 4.69) is 23.5 Å². The number of aryl methyl sites for hydroxylation is 1. The molecule has 0 atom stereocenters. The Morgan fingerprint density at radius 2 is 1.96 bits per heavy atom. The van der Waals surface area contributed by atoms with Crippen molar-refractivity contribution in [2.45, 2.75) is 25.2 Å². The Balaban J connectivity index is 1.59. The quantitative estimate of drug-likeness (QED) is 0.642. The Morgan fingerprint density at radius 1 is 1.19 bits per heavy atom. The first-order valence-electron chi connectivity index (χ1n) is 9.19. The molecule has 0 unspecified atom stereocenters.